The van der Waals surface area contributed by atoms with Crippen LogP contribution >= 0.6 is 11.6 Å². The summed E-state index contributed by atoms with van der Waals surface area (Å²) < 4.78 is 26.5. The van der Waals surface area contributed by atoms with Gasteiger partial charge in [-0.2, -0.15) is 0 Å². The first-order chi connectivity index (χ1) is 9.56. The van der Waals surface area contributed by atoms with Crippen LogP contribution in [0, 0.1) is 11.6 Å². The third kappa shape index (κ3) is 2.32. The second kappa shape index (κ2) is 5.15. The maximum absolute atomic E-state index is 13.4. The lowest BCUT2D eigenvalue weighted by molar-refractivity contribution is 0.506. The van der Waals surface area contributed by atoms with E-state index in [-0.39, 0.29) is 5.02 Å². The fourth-order valence-corrected chi connectivity index (χ4v) is 3.01. The highest BCUT2D eigenvalue weighted by Gasteiger charge is 2.18. The number of benzene rings is 2. The highest BCUT2D eigenvalue weighted by atomic mass is 35.5. The van der Waals surface area contributed by atoms with Crippen molar-refractivity contribution < 1.29 is 8.78 Å². The van der Waals surface area contributed by atoms with E-state index in [0.717, 1.165) is 37.0 Å². The van der Waals surface area contributed by atoms with Gasteiger partial charge in [-0.15, -0.1) is 0 Å². The third-order valence-corrected chi connectivity index (χ3v) is 4.18. The van der Waals surface area contributed by atoms with Crippen LogP contribution in [0.1, 0.15) is 34.7 Å². The van der Waals surface area contributed by atoms with Crippen LogP contribution in [-0.2, 0) is 12.8 Å². The van der Waals surface area contributed by atoms with Crippen LogP contribution in [-0.4, -0.2) is 0 Å². The summed E-state index contributed by atoms with van der Waals surface area (Å²) in [5, 5.41) is 0.150. The largest absolute Gasteiger partial charge is 0.320 e. The van der Waals surface area contributed by atoms with Crippen molar-refractivity contribution in [3.63, 3.8) is 0 Å². The van der Waals surface area contributed by atoms with Crippen molar-refractivity contribution in [3.8, 4) is 0 Å². The minimum absolute atomic E-state index is 0.150. The molecule has 0 heterocycles. The molecule has 0 bridgehead atoms. The van der Waals surface area contributed by atoms with Gasteiger partial charge in [0.1, 0.15) is 0 Å². The Bertz CT molecular complexity index is 670. The normalized spacial score (nSPS) is 15.2. The van der Waals surface area contributed by atoms with Crippen LogP contribution < -0.4 is 5.73 Å². The quantitative estimate of drug-likeness (QED) is 0.827. The van der Waals surface area contributed by atoms with E-state index in [1.165, 1.54) is 11.1 Å². The van der Waals surface area contributed by atoms with Gasteiger partial charge in [0.05, 0.1) is 6.04 Å². The third-order valence-electron chi connectivity index (χ3n) is 3.86. The van der Waals surface area contributed by atoms with Crippen molar-refractivity contribution in [2.24, 2.45) is 5.73 Å². The van der Waals surface area contributed by atoms with Gasteiger partial charge in [-0.1, -0.05) is 29.8 Å². The van der Waals surface area contributed by atoms with Crippen molar-refractivity contribution >= 4 is 11.6 Å². The first kappa shape index (κ1) is 13.5. The van der Waals surface area contributed by atoms with E-state index in [0.29, 0.717) is 5.56 Å². The van der Waals surface area contributed by atoms with Gasteiger partial charge in [-0.05, 0) is 53.6 Å². The molecular weight excluding hydrogens is 280 g/mol. The number of halogens is 3. The second-order valence-corrected chi connectivity index (χ2v) is 5.55. The van der Waals surface area contributed by atoms with E-state index in [9.17, 15) is 8.78 Å². The molecule has 0 aliphatic heterocycles. The fourth-order valence-electron chi connectivity index (χ4n) is 2.74. The first-order valence-electron chi connectivity index (χ1n) is 6.58. The molecule has 2 aromatic rings. The van der Waals surface area contributed by atoms with Crippen LogP contribution in [0.25, 0.3) is 0 Å². The molecule has 1 nitrogen and oxygen atoms in total. The highest BCUT2D eigenvalue weighted by molar-refractivity contribution is 6.31. The fraction of sp³-hybridized carbons (Fsp3) is 0.250. The molecule has 2 aromatic carbocycles. The zero-order valence-corrected chi connectivity index (χ0v) is 11.6. The summed E-state index contributed by atoms with van der Waals surface area (Å²) in [5.74, 6) is -1.89. The van der Waals surface area contributed by atoms with Crippen LogP contribution in [0.15, 0.2) is 30.3 Å². The van der Waals surface area contributed by atoms with E-state index >= 15 is 0 Å². The summed E-state index contributed by atoms with van der Waals surface area (Å²) in [6.45, 7) is 0. The number of fused-ring (bicyclic) bond motifs is 1. The van der Waals surface area contributed by atoms with Gasteiger partial charge in [-0.25, -0.2) is 8.78 Å². The minimum Gasteiger partial charge on any atom is -0.320 e. The predicted molar refractivity (Wildman–Crippen MR) is 75.9 cm³/mol. The van der Waals surface area contributed by atoms with Crippen molar-refractivity contribution in [3.05, 3.63) is 69.2 Å². The Morgan fingerprint density at radius 2 is 1.70 bits per heavy atom. The highest BCUT2D eigenvalue weighted by Crippen LogP contribution is 2.31. The molecule has 0 spiro atoms. The number of rotatable bonds is 2. The molecule has 1 atom stereocenters. The molecule has 0 amide bonds. The van der Waals surface area contributed by atoms with Crippen LogP contribution in [0.2, 0.25) is 5.02 Å². The van der Waals surface area contributed by atoms with Crippen molar-refractivity contribution in [1.29, 1.82) is 0 Å². The topological polar surface area (TPSA) is 26.0 Å². The van der Waals surface area contributed by atoms with Gasteiger partial charge in [-0.3, -0.25) is 0 Å². The smallest absolute Gasteiger partial charge is 0.160 e. The van der Waals surface area contributed by atoms with Crippen LogP contribution in [0.4, 0.5) is 8.78 Å². The van der Waals surface area contributed by atoms with E-state index in [1.807, 2.05) is 12.1 Å². The summed E-state index contributed by atoms with van der Waals surface area (Å²) in [4.78, 5) is 0. The zero-order valence-electron chi connectivity index (χ0n) is 10.8. The number of nitrogens with two attached hydrogens (primary N) is 1. The van der Waals surface area contributed by atoms with E-state index in [1.54, 1.807) is 0 Å². The number of hydrogen-bond acceptors (Lipinski definition) is 1. The molecule has 20 heavy (non-hydrogen) atoms. The average molecular weight is 294 g/mol. The van der Waals surface area contributed by atoms with Gasteiger partial charge in [0.15, 0.2) is 11.6 Å². The predicted octanol–water partition coefficient (Wildman–Crippen LogP) is 4.16. The molecule has 0 saturated heterocycles. The molecule has 0 radical (unpaired) electrons. The average Bonchev–Trinajstić information content (AvgIpc) is 2.89. The summed E-state index contributed by atoms with van der Waals surface area (Å²) >= 11 is 5.98. The van der Waals surface area contributed by atoms with Crippen LogP contribution in [0.5, 0.6) is 0 Å². The maximum Gasteiger partial charge on any atom is 0.160 e. The van der Waals surface area contributed by atoms with E-state index in [4.69, 9.17) is 17.3 Å². The van der Waals surface area contributed by atoms with Gasteiger partial charge in [0.25, 0.3) is 0 Å². The minimum atomic E-state index is -0.958. The monoisotopic (exact) mass is 293 g/mol. The lowest BCUT2D eigenvalue weighted by Gasteiger charge is -2.16. The molecule has 1 aliphatic rings. The Morgan fingerprint density at radius 3 is 2.50 bits per heavy atom. The molecular formula is C16H14ClF2N. The lowest BCUT2D eigenvalue weighted by atomic mass is 9.96. The molecule has 0 fully saturated rings. The van der Waals surface area contributed by atoms with Crippen molar-refractivity contribution in [2.75, 3.05) is 0 Å². The number of hydrogen-bond donors (Lipinski definition) is 1. The molecule has 3 rings (SSSR count). The van der Waals surface area contributed by atoms with Gasteiger partial charge < -0.3 is 5.73 Å². The molecule has 0 saturated carbocycles. The Labute approximate surface area is 121 Å². The van der Waals surface area contributed by atoms with Gasteiger partial charge in [0.2, 0.25) is 0 Å². The number of aryl methyl sites for hydroxylation is 2. The molecule has 0 aromatic heterocycles. The summed E-state index contributed by atoms with van der Waals surface area (Å²) in [6.07, 6.45) is 3.29. The van der Waals surface area contributed by atoms with Crippen LogP contribution in [0.3, 0.4) is 0 Å². The summed E-state index contributed by atoms with van der Waals surface area (Å²) in [6, 6.07) is 7.54. The summed E-state index contributed by atoms with van der Waals surface area (Å²) in [7, 11) is 0. The Kier molecular flexibility index (Phi) is 3.48. The second-order valence-electron chi connectivity index (χ2n) is 5.15. The molecule has 104 valence electrons. The molecule has 2 N–H and O–H groups in total. The molecule has 4 heteroatoms. The summed E-state index contributed by atoms with van der Waals surface area (Å²) in [5.41, 5.74) is 10.1. The van der Waals surface area contributed by atoms with Crippen molar-refractivity contribution in [1.82, 2.24) is 0 Å². The Balaban J connectivity index is 2.00. The molecule has 1 aliphatic carbocycles. The van der Waals surface area contributed by atoms with Gasteiger partial charge in [0, 0.05) is 5.02 Å². The molecule has 1 unspecified atom stereocenters. The van der Waals surface area contributed by atoms with Gasteiger partial charge >= 0.3 is 0 Å². The first-order valence-corrected chi connectivity index (χ1v) is 6.96. The standard InChI is InChI=1S/C16H14ClF2N/c17-13-8-15(19)14(18)7-12(13)16(20)11-5-4-9-2-1-3-10(9)6-11/h4-8,16H,1-3,20H2. The van der Waals surface area contributed by atoms with Crippen molar-refractivity contribution in [2.45, 2.75) is 25.3 Å². The lowest BCUT2D eigenvalue weighted by Crippen LogP contribution is -2.13. The Hall–Kier alpha value is -1.45. The SMILES string of the molecule is NC(c1ccc2c(c1)CCC2)c1cc(F)c(F)cc1Cl. The maximum atomic E-state index is 13.4. The van der Waals surface area contributed by atoms with E-state index < -0.39 is 17.7 Å². The Morgan fingerprint density at radius 1 is 1.00 bits per heavy atom. The van der Waals surface area contributed by atoms with E-state index in [2.05, 4.69) is 6.07 Å². The zero-order chi connectivity index (χ0) is 14.3.